The lowest BCUT2D eigenvalue weighted by molar-refractivity contribution is -0.198. The Morgan fingerprint density at radius 3 is 2.24 bits per heavy atom. The van der Waals surface area contributed by atoms with Gasteiger partial charge in [0, 0.05) is 35.6 Å². The second-order valence-corrected chi connectivity index (χ2v) is 10.9. The van der Waals surface area contributed by atoms with Gasteiger partial charge in [0.15, 0.2) is 12.1 Å². The van der Waals surface area contributed by atoms with Crippen molar-refractivity contribution in [1.29, 1.82) is 0 Å². The molecule has 5 rings (SSSR count). The van der Waals surface area contributed by atoms with Crippen LogP contribution in [0.1, 0.15) is 83.0 Å². The van der Waals surface area contributed by atoms with Crippen LogP contribution < -0.4 is 16.2 Å². The molecule has 10 N–H and O–H groups in total. The number of hydrogen-bond acceptors (Lipinski definition) is 12. The fourth-order valence-electron chi connectivity index (χ4n) is 5.44. The van der Waals surface area contributed by atoms with Gasteiger partial charge in [-0.15, -0.1) is 0 Å². The summed E-state index contributed by atoms with van der Waals surface area (Å²) in [5.41, 5.74) is 9.78. The van der Waals surface area contributed by atoms with Crippen LogP contribution in [-0.2, 0) is 17.6 Å². The van der Waals surface area contributed by atoms with Crippen LogP contribution in [0.5, 0.6) is 17.2 Å². The number of benzene rings is 2. The molecule has 1 heterocycles. The molecular weight excluding hydrogens is 548 g/mol. The van der Waals surface area contributed by atoms with Gasteiger partial charge in [-0.05, 0) is 25.8 Å². The van der Waals surface area contributed by atoms with E-state index in [0.717, 1.165) is 0 Å². The SMILES string of the molecule is CC1OC(O)CC(N)C1O.CCC.COc1cccc2c1C(=O)c1c(O)c3c(c(O)c1C2=O)C[C@@](O)(C(N)CO)CC3. The number of carbonyl (C=O) groups is 2. The highest BCUT2D eigenvalue weighted by atomic mass is 16.6. The predicted octanol–water partition coefficient (Wildman–Crippen LogP) is 0.639. The van der Waals surface area contributed by atoms with Crippen LogP contribution >= 0.6 is 0 Å². The third-order valence-electron chi connectivity index (χ3n) is 7.77. The van der Waals surface area contributed by atoms with E-state index in [1.165, 1.54) is 19.6 Å². The van der Waals surface area contributed by atoms with E-state index in [-0.39, 0.29) is 76.3 Å². The van der Waals surface area contributed by atoms with Crippen LogP contribution in [0.25, 0.3) is 0 Å². The lowest BCUT2D eigenvalue weighted by Crippen LogP contribution is -2.53. The van der Waals surface area contributed by atoms with Gasteiger partial charge in [0.25, 0.3) is 0 Å². The maximum Gasteiger partial charge on any atom is 0.202 e. The van der Waals surface area contributed by atoms with E-state index in [4.69, 9.17) is 26.0 Å². The molecule has 0 saturated carbocycles. The molecule has 1 saturated heterocycles. The first-order chi connectivity index (χ1) is 19.8. The summed E-state index contributed by atoms with van der Waals surface area (Å²) in [6.45, 7) is 5.47. The lowest BCUT2D eigenvalue weighted by atomic mass is 9.72. The molecule has 42 heavy (non-hydrogen) atoms. The number of aliphatic hydroxyl groups excluding tert-OH is 3. The zero-order valence-corrected chi connectivity index (χ0v) is 24.3. The molecule has 12 nitrogen and oxygen atoms in total. The molecule has 12 heteroatoms. The molecule has 2 aromatic rings. The molecular formula is C30H42N2O10. The smallest absolute Gasteiger partial charge is 0.202 e. The summed E-state index contributed by atoms with van der Waals surface area (Å²) in [6.07, 6.45) is -0.188. The fraction of sp³-hybridized carbons (Fsp3) is 0.533. The normalized spacial score (nSPS) is 26.8. The van der Waals surface area contributed by atoms with Crippen molar-refractivity contribution in [3.8, 4) is 17.2 Å². The monoisotopic (exact) mass is 590 g/mol. The van der Waals surface area contributed by atoms with Gasteiger partial charge in [-0.2, -0.15) is 0 Å². The highest BCUT2D eigenvalue weighted by Crippen LogP contribution is 2.48. The first kappa shape index (κ1) is 33.4. The van der Waals surface area contributed by atoms with Crippen molar-refractivity contribution in [2.45, 2.75) is 89.1 Å². The number of ether oxygens (including phenoxy) is 2. The van der Waals surface area contributed by atoms with Crippen LogP contribution in [0.15, 0.2) is 18.2 Å². The zero-order chi connectivity index (χ0) is 31.5. The van der Waals surface area contributed by atoms with Gasteiger partial charge in [-0.3, -0.25) is 9.59 Å². The number of phenols is 2. The highest BCUT2D eigenvalue weighted by molar-refractivity contribution is 6.31. The van der Waals surface area contributed by atoms with Gasteiger partial charge in [0.05, 0.1) is 54.3 Å². The number of methoxy groups -OCH3 is 1. The summed E-state index contributed by atoms with van der Waals surface area (Å²) >= 11 is 0. The zero-order valence-electron chi connectivity index (χ0n) is 24.3. The molecule has 0 aromatic heterocycles. The quantitative estimate of drug-likeness (QED) is 0.197. The summed E-state index contributed by atoms with van der Waals surface area (Å²) < 4.78 is 10.1. The van der Waals surface area contributed by atoms with Crippen molar-refractivity contribution < 1.29 is 49.7 Å². The van der Waals surface area contributed by atoms with Gasteiger partial charge in [0.1, 0.15) is 17.2 Å². The highest BCUT2D eigenvalue weighted by Gasteiger charge is 2.44. The van der Waals surface area contributed by atoms with Crippen LogP contribution in [0.2, 0.25) is 0 Å². The Labute approximate surface area is 244 Å². The van der Waals surface area contributed by atoms with Gasteiger partial charge < -0.3 is 51.6 Å². The maximum atomic E-state index is 13.2. The number of aromatic hydroxyl groups is 2. The molecule has 2 aliphatic carbocycles. The van der Waals surface area contributed by atoms with E-state index < -0.39 is 48.0 Å². The molecule has 1 fully saturated rings. The summed E-state index contributed by atoms with van der Waals surface area (Å²) in [7, 11) is 1.37. The molecule has 5 unspecified atom stereocenters. The number of phenolic OH excluding ortho intramolecular Hbond substituents is 2. The van der Waals surface area contributed by atoms with Gasteiger partial charge in [-0.25, -0.2) is 0 Å². The van der Waals surface area contributed by atoms with E-state index in [9.17, 15) is 35.1 Å². The second-order valence-electron chi connectivity index (χ2n) is 10.9. The third-order valence-corrected chi connectivity index (χ3v) is 7.77. The molecule has 0 bridgehead atoms. The summed E-state index contributed by atoms with van der Waals surface area (Å²) in [5.74, 6) is -1.88. The molecule has 0 radical (unpaired) electrons. The van der Waals surface area contributed by atoms with Crippen LogP contribution in [-0.4, -0.2) is 92.1 Å². The van der Waals surface area contributed by atoms with E-state index in [1.54, 1.807) is 19.1 Å². The number of carbonyl (C=O) groups excluding carboxylic acids is 2. The topological polar surface area (TPSA) is 226 Å². The Morgan fingerprint density at radius 2 is 1.67 bits per heavy atom. The predicted molar refractivity (Wildman–Crippen MR) is 153 cm³/mol. The molecule has 2 aromatic carbocycles. The van der Waals surface area contributed by atoms with Crippen molar-refractivity contribution in [2.75, 3.05) is 13.7 Å². The largest absolute Gasteiger partial charge is 0.507 e. The average molecular weight is 591 g/mol. The minimum atomic E-state index is -1.51. The Morgan fingerprint density at radius 1 is 1.07 bits per heavy atom. The summed E-state index contributed by atoms with van der Waals surface area (Å²) in [5, 5.41) is 60.1. The molecule has 0 amide bonds. The first-order valence-electron chi connectivity index (χ1n) is 14.0. The number of hydrogen-bond donors (Lipinski definition) is 8. The maximum absolute atomic E-state index is 13.2. The Hall–Kier alpha value is -3.10. The van der Waals surface area contributed by atoms with Gasteiger partial charge in [-0.1, -0.05) is 32.4 Å². The summed E-state index contributed by atoms with van der Waals surface area (Å²) in [6, 6.07) is 3.23. The molecule has 1 aliphatic heterocycles. The fourth-order valence-corrected chi connectivity index (χ4v) is 5.44. The van der Waals surface area contributed by atoms with Crippen LogP contribution in [0, 0.1) is 0 Å². The standard InChI is InChI=1S/C21H21NO7.C6H13NO3.C3H8/c1-29-12-4-2-3-10-14(12)20(27)16-15(18(10)25)19(26)11-7-21(28,13(22)8-23)6-5-9(11)17(16)24;1-3-6(9)4(7)2-5(8)10-3;1-3-2/h2-4,13,23-24,26,28H,5-8,22H2,1H3;3-6,8-9H,2,7H2,1H3;3H2,1-2H3/t13?,21-;;/m1../s1. The van der Waals surface area contributed by atoms with E-state index in [0.29, 0.717) is 6.42 Å². The molecule has 3 aliphatic rings. The Balaban J connectivity index is 0.000000311. The van der Waals surface area contributed by atoms with Crippen molar-refractivity contribution >= 4 is 11.6 Å². The van der Waals surface area contributed by atoms with Crippen molar-refractivity contribution in [3.05, 3.63) is 51.6 Å². The number of nitrogens with two attached hydrogens (primary N) is 2. The first-order valence-corrected chi connectivity index (χ1v) is 14.0. The van der Waals surface area contributed by atoms with E-state index >= 15 is 0 Å². The summed E-state index contributed by atoms with van der Waals surface area (Å²) in [4.78, 5) is 26.3. The third kappa shape index (κ3) is 6.16. The Bertz CT molecular complexity index is 1300. The van der Waals surface area contributed by atoms with E-state index in [2.05, 4.69) is 13.8 Å². The van der Waals surface area contributed by atoms with Crippen LogP contribution in [0.4, 0.5) is 0 Å². The molecule has 0 spiro atoms. The lowest BCUT2D eigenvalue weighted by Gasteiger charge is -2.38. The number of ketones is 2. The number of fused-ring (bicyclic) bond motifs is 3. The molecule has 232 valence electrons. The average Bonchev–Trinajstić information content (AvgIpc) is 2.96. The molecule has 6 atom stereocenters. The minimum absolute atomic E-state index is 0.0387. The van der Waals surface area contributed by atoms with Crippen molar-refractivity contribution in [1.82, 2.24) is 0 Å². The van der Waals surface area contributed by atoms with Crippen LogP contribution in [0.3, 0.4) is 0 Å². The number of rotatable bonds is 3. The van der Waals surface area contributed by atoms with Crippen molar-refractivity contribution in [2.24, 2.45) is 11.5 Å². The Kier molecular flexibility index (Phi) is 10.7. The van der Waals surface area contributed by atoms with E-state index in [1.807, 2.05) is 0 Å². The van der Waals surface area contributed by atoms with Gasteiger partial charge >= 0.3 is 0 Å². The second kappa shape index (κ2) is 13.5. The van der Waals surface area contributed by atoms with Gasteiger partial charge in [0.2, 0.25) is 5.78 Å². The van der Waals surface area contributed by atoms with Crippen molar-refractivity contribution in [3.63, 3.8) is 0 Å². The number of aliphatic hydroxyl groups is 4. The minimum Gasteiger partial charge on any atom is -0.507 e.